The molecule has 1 amide bonds. The van der Waals surface area contributed by atoms with Gasteiger partial charge >= 0.3 is 0 Å². The highest BCUT2D eigenvalue weighted by molar-refractivity contribution is 6.51. The molecule has 6 nitrogen and oxygen atoms in total. The van der Waals surface area contributed by atoms with E-state index in [9.17, 15) is 28.6 Å². The van der Waals surface area contributed by atoms with Crippen molar-refractivity contribution in [2.24, 2.45) is 0 Å². The van der Waals surface area contributed by atoms with Crippen LogP contribution < -0.4 is 9.64 Å². The molecule has 202 valence electrons. The largest absolute Gasteiger partial charge is 0.507 e. The molecule has 0 aromatic heterocycles. The fraction of sp³-hybridized carbons (Fsp3) is 0.0968. The van der Waals surface area contributed by atoms with E-state index < -0.39 is 35.1 Å². The van der Waals surface area contributed by atoms with E-state index in [1.54, 1.807) is 25.1 Å². The second-order valence-electron chi connectivity index (χ2n) is 9.23. The first-order valence-electron chi connectivity index (χ1n) is 12.2. The first kappa shape index (κ1) is 26.9. The third-order valence-corrected chi connectivity index (χ3v) is 6.90. The van der Waals surface area contributed by atoms with E-state index in [0.717, 1.165) is 28.7 Å². The molecule has 1 heterocycles. The van der Waals surface area contributed by atoms with E-state index >= 15 is 0 Å². The van der Waals surface area contributed by atoms with Gasteiger partial charge in [-0.1, -0.05) is 48.0 Å². The molecule has 1 saturated heterocycles. The Morgan fingerprint density at radius 3 is 2.38 bits per heavy atom. The summed E-state index contributed by atoms with van der Waals surface area (Å²) in [5.41, 5.74) is 1.75. The van der Waals surface area contributed by atoms with Crippen molar-refractivity contribution in [3.63, 3.8) is 0 Å². The Balaban J connectivity index is 1.59. The molecule has 1 aliphatic heterocycles. The van der Waals surface area contributed by atoms with Crippen LogP contribution in [0.1, 0.15) is 28.3 Å². The van der Waals surface area contributed by atoms with Gasteiger partial charge in [-0.05, 0) is 66.1 Å². The van der Waals surface area contributed by atoms with Gasteiger partial charge in [-0.15, -0.1) is 0 Å². The van der Waals surface area contributed by atoms with E-state index in [-0.39, 0.29) is 33.2 Å². The summed E-state index contributed by atoms with van der Waals surface area (Å²) in [7, 11) is 0. The van der Waals surface area contributed by atoms with Crippen LogP contribution in [0.4, 0.5) is 14.5 Å². The molecular formula is C31H22ClF2NO5. The summed E-state index contributed by atoms with van der Waals surface area (Å²) in [6.45, 7) is 2.10. The molecule has 1 aliphatic rings. The Kier molecular flexibility index (Phi) is 7.28. The van der Waals surface area contributed by atoms with E-state index in [0.29, 0.717) is 17.9 Å². The molecule has 0 bridgehead atoms. The van der Waals surface area contributed by atoms with Crippen LogP contribution in [0.2, 0.25) is 5.02 Å². The molecule has 0 aliphatic carbocycles. The number of ketones is 1. The number of ether oxygens (including phenoxy) is 1. The lowest BCUT2D eigenvalue weighted by Crippen LogP contribution is -2.29. The number of Topliss-reactive ketones (excluding diaryl/α,β-unsaturated/α-hetero) is 1. The van der Waals surface area contributed by atoms with Crippen LogP contribution in [-0.2, 0) is 16.2 Å². The van der Waals surface area contributed by atoms with E-state index in [2.05, 4.69) is 0 Å². The molecule has 4 aromatic rings. The predicted molar refractivity (Wildman–Crippen MR) is 146 cm³/mol. The molecule has 0 saturated carbocycles. The zero-order valence-corrected chi connectivity index (χ0v) is 21.8. The third-order valence-electron chi connectivity index (χ3n) is 6.60. The minimum Gasteiger partial charge on any atom is -0.507 e. The summed E-state index contributed by atoms with van der Waals surface area (Å²) in [6, 6.07) is 19.9. The third kappa shape index (κ3) is 5.01. The van der Waals surface area contributed by atoms with Crippen LogP contribution in [0.3, 0.4) is 0 Å². The molecule has 9 heteroatoms. The highest BCUT2D eigenvalue weighted by atomic mass is 35.5. The van der Waals surface area contributed by atoms with Crippen LogP contribution >= 0.6 is 11.6 Å². The normalized spacial score (nSPS) is 16.4. The van der Waals surface area contributed by atoms with Gasteiger partial charge in [0.2, 0.25) is 0 Å². The maximum atomic E-state index is 14.2. The fourth-order valence-corrected chi connectivity index (χ4v) is 4.78. The smallest absolute Gasteiger partial charge is 0.300 e. The van der Waals surface area contributed by atoms with Crippen molar-refractivity contribution >= 4 is 34.7 Å². The van der Waals surface area contributed by atoms with Crippen molar-refractivity contribution in [1.82, 2.24) is 0 Å². The number of carbonyl (C=O) groups excluding carboxylic acids is 2. The van der Waals surface area contributed by atoms with Crippen LogP contribution in [-0.4, -0.2) is 21.9 Å². The highest BCUT2D eigenvalue weighted by Crippen LogP contribution is 2.44. The van der Waals surface area contributed by atoms with Gasteiger partial charge < -0.3 is 14.9 Å². The average Bonchev–Trinajstić information content (AvgIpc) is 3.21. The number of anilines is 1. The van der Waals surface area contributed by atoms with Crippen molar-refractivity contribution in [2.45, 2.75) is 19.6 Å². The Hall–Kier alpha value is -4.69. The van der Waals surface area contributed by atoms with Crippen molar-refractivity contribution in [3.8, 4) is 11.5 Å². The summed E-state index contributed by atoms with van der Waals surface area (Å²) >= 11 is 6.12. The maximum absolute atomic E-state index is 14.2. The monoisotopic (exact) mass is 561 g/mol. The standard InChI is InChI=1S/C31H22ClF2NO5/c1-17-13-20(8-12-26(17)40-16-18-5-3-2-4-6-18)29(37)27-28(19-7-11-25(36)22(32)14-19)35(31(39)30(27)38)21-9-10-23(33)24(34)15-21/h2-15,28,36-37H,16H2,1H3/b29-27+. The van der Waals surface area contributed by atoms with Crippen molar-refractivity contribution < 1.29 is 33.3 Å². The van der Waals surface area contributed by atoms with Crippen LogP contribution in [0.25, 0.3) is 5.76 Å². The van der Waals surface area contributed by atoms with Gasteiger partial charge in [0.25, 0.3) is 11.7 Å². The van der Waals surface area contributed by atoms with Gasteiger partial charge in [0.15, 0.2) is 11.6 Å². The topological polar surface area (TPSA) is 87.1 Å². The van der Waals surface area contributed by atoms with Gasteiger partial charge in [0, 0.05) is 17.3 Å². The molecule has 1 fully saturated rings. The fourth-order valence-electron chi connectivity index (χ4n) is 4.59. The summed E-state index contributed by atoms with van der Waals surface area (Å²) < 4.78 is 33.7. The number of carbonyl (C=O) groups is 2. The molecule has 1 unspecified atom stereocenters. The minimum absolute atomic E-state index is 0.0656. The number of aromatic hydroxyl groups is 1. The molecule has 40 heavy (non-hydrogen) atoms. The Morgan fingerprint density at radius 1 is 0.950 bits per heavy atom. The zero-order chi connectivity index (χ0) is 28.6. The van der Waals surface area contributed by atoms with E-state index in [1.165, 1.54) is 18.2 Å². The Labute approximate surface area is 233 Å². The molecule has 0 radical (unpaired) electrons. The Bertz CT molecular complexity index is 1670. The number of benzene rings is 4. The van der Waals surface area contributed by atoms with Crippen LogP contribution in [0, 0.1) is 18.6 Å². The molecule has 1 atom stereocenters. The van der Waals surface area contributed by atoms with Gasteiger partial charge in [0.1, 0.15) is 23.9 Å². The van der Waals surface area contributed by atoms with Crippen molar-refractivity contribution in [1.29, 1.82) is 0 Å². The number of halogens is 3. The summed E-state index contributed by atoms with van der Waals surface area (Å²) in [6.07, 6.45) is 0. The zero-order valence-electron chi connectivity index (χ0n) is 21.1. The molecule has 4 aromatic carbocycles. The van der Waals surface area contributed by atoms with Crippen molar-refractivity contribution in [2.75, 3.05) is 4.90 Å². The minimum atomic E-state index is -1.25. The molecule has 2 N–H and O–H groups in total. The average molecular weight is 562 g/mol. The van der Waals surface area contributed by atoms with Gasteiger partial charge in [-0.2, -0.15) is 0 Å². The molecular weight excluding hydrogens is 540 g/mol. The van der Waals surface area contributed by atoms with Crippen molar-refractivity contribution in [3.05, 3.63) is 129 Å². The lowest BCUT2D eigenvalue weighted by molar-refractivity contribution is -0.132. The maximum Gasteiger partial charge on any atom is 0.300 e. The number of hydrogen-bond donors (Lipinski definition) is 2. The highest BCUT2D eigenvalue weighted by Gasteiger charge is 2.47. The number of phenolic OH excluding ortho intramolecular Hbond substituents is 1. The van der Waals surface area contributed by atoms with Gasteiger partial charge in [-0.3, -0.25) is 14.5 Å². The van der Waals surface area contributed by atoms with E-state index in [1.807, 2.05) is 30.3 Å². The summed E-state index contributed by atoms with van der Waals surface area (Å²) in [5.74, 6) is -4.59. The number of aliphatic hydroxyl groups excluding tert-OH is 1. The van der Waals surface area contributed by atoms with Crippen LogP contribution in [0.15, 0.2) is 90.5 Å². The first-order valence-corrected chi connectivity index (χ1v) is 12.6. The first-order chi connectivity index (χ1) is 19.2. The molecule has 5 rings (SSSR count). The SMILES string of the molecule is Cc1cc(/C(O)=C2\C(=O)C(=O)N(c3ccc(F)c(F)c3)C2c2ccc(O)c(Cl)c2)ccc1OCc1ccccc1. The lowest BCUT2D eigenvalue weighted by Gasteiger charge is -2.26. The predicted octanol–water partition coefficient (Wildman–Crippen LogP) is 6.84. The second kappa shape index (κ2) is 10.8. The number of rotatable bonds is 6. The number of aliphatic hydroxyl groups is 1. The Morgan fingerprint density at radius 2 is 1.70 bits per heavy atom. The van der Waals surface area contributed by atoms with Gasteiger partial charge in [0.05, 0.1) is 16.6 Å². The number of nitrogens with zero attached hydrogens (tertiary/aromatic N) is 1. The quantitative estimate of drug-likeness (QED) is 0.153. The van der Waals surface area contributed by atoms with Gasteiger partial charge in [-0.25, -0.2) is 8.78 Å². The summed E-state index contributed by atoms with van der Waals surface area (Å²) in [5, 5.41) is 21.2. The van der Waals surface area contributed by atoms with E-state index in [4.69, 9.17) is 16.3 Å². The number of aryl methyl sites for hydroxylation is 1. The lowest BCUT2D eigenvalue weighted by atomic mass is 9.94. The second-order valence-corrected chi connectivity index (χ2v) is 9.64. The number of hydrogen-bond acceptors (Lipinski definition) is 5. The molecule has 0 spiro atoms. The summed E-state index contributed by atoms with van der Waals surface area (Å²) in [4.78, 5) is 27.5. The number of amides is 1. The van der Waals surface area contributed by atoms with Crippen LogP contribution in [0.5, 0.6) is 11.5 Å². The number of phenols is 1.